The van der Waals surface area contributed by atoms with Gasteiger partial charge < -0.3 is 29.3 Å². The molecular formula is C15H28O8Ti. The van der Waals surface area contributed by atoms with E-state index in [1.807, 2.05) is 0 Å². The zero-order valence-corrected chi connectivity index (χ0v) is 16.4. The van der Waals surface area contributed by atoms with E-state index in [1.54, 1.807) is 20.8 Å². The maximum atomic E-state index is 10.4. The first-order valence-corrected chi connectivity index (χ1v) is 6.98. The minimum Gasteiger partial charge on any atom is -0.541 e. The SMILES string of the molecule is CCO.CCOCC(=O)C[C-]=O.CCOCC(=O)C[C-]=O.CO.[Ti+2]. The van der Waals surface area contributed by atoms with E-state index < -0.39 is 0 Å². The predicted octanol–water partition coefficient (Wildman–Crippen LogP) is -0.212. The van der Waals surface area contributed by atoms with Gasteiger partial charge in [-0.1, -0.05) is 12.8 Å². The predicted molar refractivity (Wildman–Crippen MR) is 84.5 cm³/mol. The molecule has 0 bridgehead atoms. The minimum absolute atomic E-state index is 0. The molecule has 0 unspecified atom stereocenters. The number of ketones is 2. The average Bonchev–Trinajstić information content (AvgIpc) is 2.55. The van der Waals surface area contributed by atoms with Crippen LogP contribution in [0.3, 0.4) is 0 Å². The van der Waals surface area contributed by atoms with Crippen LogP contribution in [-0.4, -0.2) is 74.5 Å². The van der Waals surface area contributed by atoms with Crippen molar-refractivity contribution in [1.82, 2.24) is 0 Å². The molecule has 0 aromatic carbocycles. The van der Waals surface area contributed by atoms with Crippen molar-refractivity contribution in [2.75, 3.05) is 40.1 Å². The van der Waals surface area contributed by atoms with Crippen LogP contribution >= 0.6 is 0 Å². The molecule has 8 nitrogen and oxygen atoms in total. The molecule has 140 valence electrons. The standard InChI is InChI=1S/2C6H9O3.C2H6O.CH4O.Ti/c2*1-2-9-5-6(8)3-4-7;1-2-3;1-2;/h2*2-3,5H2,1H3;3H,2H2,1H3;2H,1H3;/q2*-1;;;+2. The Morgan fingerprint density at radius 3 is 1.25 bits per heavy atom. The number of hydrogen-bond donors (Lipinski definition) is 2. The summed E-state index contributed by atoms with van der Waals surface area (Å²) in [5.74, 6) is -0.432. The molecule has 0 radical (unpaired) electrons. The monoisotopic (exact) mass is 384 g/mol. The Balaban J connectivity index is -0.0000000765. The maximum Gasteiger partial charge on any atom is 2.00 e. The third-order valence-electron chi connectivity index (χ3n) is 1.47. The third-order valence-corrected chi connectivity index (χ3v) is 1.47. The first-order chi connectivity index (χ1) is 11.0. The molecule has 0 aromatic heterocycles. The van der Waals surface area contributed by atoms with Gasteiger partial charge in [0.1, 0.15) is 24.8 Å². The van der Waals surface area contributed by atoms with Gasteiger partial charge in [-0.3, -0.25) is 22.2 Å². The fraction of sp³-hybridized carbons (Fsp3) is 0.733. The molecule has 9 heteroatoms. The van der Waals surface area contributed by atoms with Crippen molar-refractivity contribution in [3.8, 4) is 0 Å². The van der Waals surface area contributed by atoms with Crippen LogP contribution in [0.2, 0.25) is 0 Å². The van der Waals surface area contributed by atoms with Gasteiger partial charge in [-0.15, -0.1) is 0 Å². The summed E-state index contributed by atoms with van der Waals surface area (Å²) in [7, 11) is 1.00. The summed E-state index contributed by atoms with van der Waals surface area (Å²) in [5, 5.41) is 14.6. The summed E-state index contributed by atoms with van der Waals surface area (Å²) >= 11 is 0. The van der Waals surface area contributed by atoms with E-state index in [9.17, 15) is 19.2 Å². The van der Waals surface area contributed by atoms with E-state index in [0.717, 1.165) is 7.11 Å². The Bertz CT molecular complexity index is 246. The molecule has 0 aliphatic carbocycles. The molecule has 0 aromatic rings. The van der Waals surface area contributed by atoms with Crippen LogP contribution in [-0.2, 0) is 50.4 Å². The third kappa shape index (κ3) is 49.6. The number of rotatable bonds is 10. The molecule has 0 saturated heterocycles. The van der Waals surface area contributed by atoms with Crippen molar-refractivity contribution in [1.29, 1.82) is 0 Å². The van der Waals surface area contributed by atoms with Gasteiger partial charge in [-0.25, -0.2) is 0 Å². The summed E-state index contributed by atoms with van der Waals surface area (Å²) in [6.07, 6.45) is 2.69. The first kappa shape index (κ1) is 34.5. The summed E-state index contributed by atoms with van der Waals surface area (Å²) in [6.45, 7) is 6.59. The number of carbonyl (C=O) groups is 2. The first-order valence-electron chi connectivity index (χ1n) is 6.98. The minimum atomic E-state index is -0.216. The number of hydrogen-bond acceptors (Lipinski definition) is 8. The molecule has 2 N–H and O–H groups in total. The van der Waals surface area contributed by atoms with Gasteiger partial charge in [0.05, 0.1) is 0 Å². The molecule has 0 saturated carbocycles. The molecule has 24 heavy (non-hydrogen) atoms. The summed E-state index contributed by atoms with van der Waals surface area (Å²) < 4.78 is 9.44. The van der Waals surface area contributed by atoms with E-state index in [4.69, 9.17) is 19.7 Å². The Labute approximate surface area is 158 Å². The molecular weight excluding hydrogens is 356 g/mol. The van der Waals surface area contributed by atoms with E-state index in [2.05, 4.69) is 0 Å². The van der Waals surface area contributed by atoms with Crippen LogP contribution < -0.4 is 0 Å². The Morgan fingerprint density at radius 1 is 0.833 bits per heavy atom. The summed E-state index contributed by atoms with van der Waals surface area (Å²) in [6, 6.07) is 0. The maximum absolute atomic E-state index is 10.4. The zero-order valence-electron chi connectivity index (χ0n) is 14.8. The molecule has 0 fully saturated rings. The number of Topliss-reactive ketones (excluding diaryl/α,β-unsaturated/α-hetero) is 2. The van der Waals surface area contributed by atoms with Crippen LogP contribution in [0.25, 0.3) is 0 Å². The van der Waals surface area contributed by atoms with E-state index in [-0.39, 0.29) is 65.9 Å². The van der Waals surface area contributed by atoms with Crippen LogP contribution in [0, 0.1) is 0 Å². The molecule has 0 spiro atoms. The largest absolute Gasteiger partial charge is 2.00 e. The summed E-state index contributed by atoms with van der Waals surface area (Å²) in [4.78, 5) is 40.0. The number of ether oxygens (including phenoxy) is 2. The van der Waals surface area contributed by atoms with Crippen molar-refractivity contribution < 1.29 is 60.6 Å². The van der Waals surface area contributed by atoms with Crippen LogP contribution in [0.15, 0.2) is 0 Å². The number of aliphatic hydroxyl groups excluding tert-OH is 2. The Morgan fingerprint density at radius 2 is 1.08 bits per heavy atom. The molecule has 0 aliphatic rings. The van der Waals surface area contributed by atoms with Gasteiger partial charge in [-0.2, -0.15) is 0 Å². The van der Waals surface area contributed by atoms with Crippen molar-refractivity contribution in [2.24, 2.45) is 0 Å². The van der Waals surface area contributed by atoms with E-state index in [0.29, 0.717) is 13.2 Å². The topological polar surface area (TPSA) is 127 Å². The Kier molecular flexibility index (Phi) is 54.8. The fourth-order valence-electron chi connectivity index (χ4n) is 0.695. The quantitative estimate of drug-likeness (QED) is 0.301. The molecule has 0 rings (SSSR count). The van der Waals surface area contributed by atoms with Gasteiger partial charge in [0.25, 0.3) is 0 Å². The second-order valence-electron chi connectivity index (χ2n) is 3.31. The molecule has 0 heterocycles. The second kappa shape index (κ2) is 38.0. The van der Waals surface area contributed by atoms with Crippen molar-refractivity contribution >= 4 is 24.1 Å². The normalized spacial score (nSPS) is 7.75. The summed E-state index contributed by atoms with van der Waals surface area (Å²) in [5.41, 5.74) is 0. The van der Waals surface area contributed by atoms with Crippen LogP contribution in [0.5, 0.6) is 0 Å². The fourth-order valence-corrected chi connectivity index (χ4v) is 0.695. The number of aliphatic hydroxyl groups is 2. The van der Waals surface area contributed by atoms with Gasteiger partial charge in [0.2, 0.25) is 0 Å². The molecule has 0 amide bonds. The van der Waals surface area contributed by atoms with Crippen LogP contribution in [0.4, 0.5) is 0 Å². The molecule has 0 aliphatic heterocycles. The molecule has 0 atom stereocenters. The van der Waals surface area contributed by atoms with Gasteiger partial charge >= 0.3 is 21.7 Å². The van der Waals surface area contributed by atoms with Crippen molar-refractivity contribution in [3.63, 3.8) is 0 Å². The van der Waals surface area contributed by atoms with Crippen LogP contribution in [0.1, 0.15) is 33.6 Å². The van der Waals surface area contributed by atoms with Gasteiger partial charge in [-0.05, 0) is 20.8 Å². The van der Waals surface area contributed by atoms with Gasteiger partial charge in [0.15, 0.2) is 0 Å². The second-order valence-corrected chi connectivity index (χ2v) is 3.31. The van der Waals surface area contributed by atoms with Crippen molar-refractivity contribution in [2.45, 2.75) is 33.6 Å². The Hall–Kier alpha value is -0.766. The zero-order chi connectivity index (χ0) is 18.9. The van der Waals surface area contributed by atoms with Gasteiger partial charge in [0, 0.05) is 26.9 Å². The van der Waals surface area contributed by atoms with E-state index >= 15 is 0 Å². The van der Waals surface area contributed by atoms with Crippen molar-refractivity contribution in [3.05, 3.63) is 0 Å². The van der Waals surface area contributed by atoms with E-state index in [1.165, 1.54) is 12.6 Å². The number of carbonyl (C=O) groups excluding carboxylic acids is 4. The average molecular weight is 384 g/mol. The smallest absolute Gasteiger partial charge is 0.541 e.